The van der Waals surface area contributed by atoms with Gasteiger partial charge >= 0.3 is 0 Å². The van der Waals surface area contributed by atoms with Crippen molar-refractivity contribution in [2.75, 3.05) is 18.0 Å². The number of pyridine rings is 1. The standard InChI is InChI=1S/C21H23N5OS/c27-20(23-13-11-17-9-4-5-12-22-17)18-10-6-14-26(18)21-24-19(25-28-21)15-16-7-2-1-3-8-16/h1-5,7-9,12,18H,6,10-11,13-15H2,(H,23,27). The SMILES string of the molecule is O=C(NCCc1ccccn1)C1CCCN1c1nc(Cc2ccccc2)ns1. The Balaban J connectivity index is 1.34. The fraction of sp³-hybridized carbons (Fsp3) is 0.333. The molecule has 1 atom stereocenters. The Morgan fingerprint density at radius 1 is 1.18 bits per heavy atom. The van der Waals surface area contributed by atoms with Crippen LogP contribution in [0.15, 0.2) is 54.7 Å². The van der Waals surface area contributed by atoms with E-state index in [1.54, 1.807) is 6.20 Å². The molecule has 0 radical (unpaired) electrons. The third-order valence-corrected chi connectivity index (χ3v) is 5.66. The quantitative estimate of drug-likeness (QED) is 0.668. The second-order valence-electron chi connectivity index (χ2n) is 6.87. The zero-order valence-electron chi connectivity index (χ0n) is 15.6. The summed E-state index contributed by atoms with van der Waals surface area (Å²) in [6, 6.07) is 15.9. The minimum absolute atomic E-state index is 0.0632. The van der Waals surface area contributed by atoms with Crippen LogP contribution in [0.5, 0.6) is 0 Å². The molecule has 2 aromatic heterocycles. The van der Waals surface area contributed by atoms with E-state index in [0.29, 0.717) is 13.0 Å². The zero-order chi connectivity index (χ0) is 19.2. The topological polar surface area (TPSA) is 71.0 Å². The first kappa shape index (κ1) is 18.6. The maximum atomic E-state index is 12.7. The fourth-order valence-corrected chi connectivity index (χ4v) is 4.22. The van der Waals surface area contributed by atoms with Gasteiger partial charge in [-0.1, -0.05) is 36.4 Å². The molecule has 0 spiro atoms. The molecular formula is C21H23N5OS. The first-order chi connectivity index (χ1) is 13.8. The van der Waals surface area contributed by atoms with Gasteiger partial charge in [0.2, 0.25) is 11.0 Å². The lowest BCUT2D eigenvalue weighted by atomic mass is 10.1. The maximum Gasteiger partial charge on any atom is 0.242 e. The minimum atomic E-state index is -0.166. The van der Waals surface area contributed by atoms with Crippen LogP contribution >= 0.6 is 11.5 Å². The average Bonchev–Trinajstić information content (AvgIpc) is 3.39. The Labute approximate surface area is 168 Å². The first-order valence-electron chi connectivity index (χ1n) is 9.60. The monoisotopic (exact) mass is 393 g/mol. The molecule has 6 nitrogen and oxygen atoms in total. The van der Waals surface area contributed by atoms with E-state index < -0.39 is 0 Å². The van der Waals surface area contributed by atoms with Crippen molar-refractivity contribution in [2.24, 2.45) is 0 Å². The number of nitrogens with zero attached hydrogens (tertiary/aromatic N) is 4. The van der Waals surface area contributed by atoms with Gasteiger partial charge in [0.1, 0.15) is 11.9 Å². The van der Waals surface area contributed by atoms with Crippen molar-refractivity contribution in [3.8, 4) is 0 Å². The first-order valence-corrected chi connectivity index (χ1v) is 10.4. The van der Waals surface area contributed by atoms with Crippen LogP contribution in [0.25, 0.3) is 0 Å². The molecule has 28 heavy (non-hydrogen) atoms. The highest BCUT2D eigenvalue weighted by Gasteiger charge is 2.32. The van der Waals surface area contributed by atoms with Crippen LogP contribution in [0.3, 0.4) is 0 Å². The number of amides is 1. The summed E-state index contributed by atoms with van der Waals surface area (Å²) in [6.45, 7) is 1.44. The number of nitrogens with one attached hydrogen (secondary N) is 1. The summed E-state index contributed by atoms with van der Waals surface area (Å²) in [6.07, 6.45) is 5.07. The van der Waals surface area contributed by atoms with E-state index in [1.165, 1.54) is 17.1 Å². The summed E-state index contributed by atoms with van der Waals surface area (Å²) >= 11 is 1.38. The molecule has 7 heteroatoms. The Hall–Kier alpha value is -2.80. The molecule has 3 aromatic rings. The number of carbonyl (C=O) groups is 1. The smallest absolute Gasteiger partial charge is 0.242 e. The Bertz CT molecular complexity index is 899. The molecule has 0 aliphatic carbocycles. The van der Waals surface area contributed by atoms with E-state index >= 15 is 0 Å². The van der Waals surface area contributed by atoms with Crippen molar-refractivity contribution in [1.29, 1.82) is 0 Å². The van der Waals surface area contributed by atoms with Crippen molar-refractivity contribution in [2.45, 2.75) is 31.7 Å². The van der Waals surface area contributed by atoms with E-state index in [9.17, 15) is 4.79 Å². The van der Waals surface area contributed by atoms with E-state index in [1.807, 2.05) is 36.4 Å². The van der Waals surface area contributed by atoms with Crippen LogP contribution in [0.1, 0.15) is 29.9 Å². The number of rotatable bonds is 7. The molecule has 1 aliphatic rings. The summed E-state index contributed by atoms with van der Waals surface area (Å²) in [5, 5.41) is 3.90. The summed E-state index contributed by atoms with van der Waals surface area (Å²) in [5.41, 5.74) is 2.18. The van der Waals surface area contributed by atoms with E-state index in [0.717, 1.165) is 42.5 Å². The molecule has 1 aliphatic heterocycles. The summed E-state index contributed by atoms with van der Waals surface area (Å²) in [5.74, 6) is 0.876. The molecule has 1 saturated heterocycles. The highest BCUT2D eigenvalue weighted by molar-refractivity contribution is 7.09. The summed E-state index contributed by atoms with van der Waals surface area (Å²) in [7, 11) is 0. The lowest BCUT2D eigenvalue weighted by Gasteiger charge is -2.22. The van der Waals surface area contributed by atoms with Gasteiger partial charge in [-0.15, -0.1) is 0 Å². The summed E-state index contributed by atoms with van der Waals surface area (Å²) in [4.78, 5) is 23.8. The number of anilines is 1. The number of carbonyl (C=O) groups excluding carboxylic acids is 1. The molecule has 1 aromatic carbocycles. The zero-order valence-corrected chi connectivity index (χ0v) is 16.4. The van der Waals surface area contributed by atoms with Gasteiger partial charge in [-0.25, -0.2) is 4.98 Å². The van der Waals surface area contributed by atoms with Crippen LogP contribution in [0.2, 0.25) is 0 Å². The normalized spacial score (nSPS) is 16.3. The lowest BCUT2D eigenvalue weighted by molar-refractivity contribution is -0.122. The predicted molar refractivity (Wildman–Crippen MR) is 110 cm³/mol. The Morgan fingerprint density at radius 2 is 2.04 bits per heavy atom. The van der Waals surface area contributed by atoms with Crippen molar-refractivity contribution in [3.05, 3.63) is 71.8 Å². The summed E-state index contributed by atoms with van der Waals surface area (Å²) < 4.78 is 4.50. The second-order valence-corrected chi connectivity index (χ2v) is 7.60. The third kappa shape index (κ3) is 4.54. The Kier molecular flexibility index (Phi) is 5.92. The second kappa shape index (κ2) is 8.93. The number of benzene rings is 1. The van der Waals surface area contributed by atoms with E-state index in [-0.39, 0.29) is 11.9 Å². The van der Waals surface area contributed by atoms with Crippen molar-refractivity contribution >= 4 is 22.6 Å². The van der Waals surface area contributed by atoms with E-state index in [2.05, 4.69) is 31.7 Å². The lowest BCUT2D eigenvalue weighted by Crippen LogP contribution is -2.44. The van der Waals surface area contributed by atoms with Crippen LogP contribution < -0.4 is 10.2 Å². The van der Waals surface area contributed by atoms with Crippen molar-refractivity contribution in [1.82, 2.24) is 19.7 Å². The molecule has 1 unspecified atom stereocenters. The van der Waals surface area contributed by atoms with Gasteiger partial charge in [0.15, 0.2) is 0 Å². The van der Waals surface area contributed by atoms with Crippen LogP contribution in [-0.2, 0) is 17.6 Å². The van der Waals surface area contributed by atoms with Crippen molar-refractivity contribution < 1.29 is 4.79 Å². The van der Waals surface area contributed by atoms with Crippen LogP contribution in [0.4, 0.5) is 5.13 Å². The molecule has 4 rings (SSSR count). The Morgan fingerprint density at radius 3 is 2.86 bits per heavy atom. The van der Waals surface area contributed by atoms with Gasteiger partial charge in [-0.2, -0.15) is 4.37 Å². The minimum Gasteiger partial charge on any atom is -0.354 e. The van der Waals surface area contributed by atoms with Gasteiger partial charge < -0.3 is 10.2 Å². The molecular weight excluding hydrogens is 370 g/mol. The third-order valence-electron chi connectivity index (χ3n) is 4.87. The van der Waals surface area contributed by atoms with Crippen molar-refractivity contribution in [3.63, 3.8) is 0 Å². The van der Waals surface area contributed by atoms with Gasteiger partial charge in [0.25, 0.3) is 0 Å². The maximum absolute atomic E-state index is 12.7. The molecule has 144 valence electrons. The largest absolute Gasteiger partial charge is 0.354 e. The molecule has 0 bridgehead atoms. The van der Waals surface area contributed by atoms with Gasteiger partial charge in [0, 0.05) is 49.4 Å². The van der Waals surface area contributed by atoms with E-state index in [4.69, 9.17) is 4.98 Å². The molecule has 3 heterocycles. The van der Waals surface area contributed by atoms with Crippen LogP contribution in [-0.4, -0.2) is 39.4 Å². The fourth-order valence-electron chi connectivity index (χ4n) is 3.46. The molecule has 1 amide bonds. The predicted octanol–water partition coefficient (Wildman–Crippen LogP) is 2.85. The van der Waals surface area contributed by atoms with Gasteiger partial charge in [-0.3, -0.25) is 9.78 Å². The highest BCUT2D eigenvalue weighted by atomic mass is 32.1. The molecule has 1 N–H and O–H groups in total. The molecule has 0 saturated carbocycles. The number of hydrogen-bond acceptors (Lipinski definition) is 6. The van der Waals surface area contributed by atoms with Crippen LogP contribution in [0, 0.1) is 0 Å². The van der Waals surface area contributed by atoms with Gasteiger partial charge in [-0.05, 0) is 30.5 Å². The van der Waals surface area contributed by atoms with Gasteiger partial charge in [0.05, 0.1) is 0 Å². The number of aromatic nitrogens is 3. The number of hydrogen-bond donors (Lipinski definition) is 1. The molecule has 1 fully saturated rings. The highest BCUT2D eigenvalue weighted by Crippen LogP contribution is 2.27. The average molecular weight is 394 g/mol.